The molecule has 3 aromatic rings. The molecule has 0 fully saturated rings. The van der Waals surface area contributed by atoms with E-state index in [-0.39, 0.29) is 0 Å². The van der Waals surface area contributed by atoms with Crippen molar-refractivity contribution in [3.8, 4) is 0 Å². The molecule has 178 valence electrons. The largest absolute Gasteiger partial charge is 0.378 e. The number of rotatable bonds is 5. The molecule has 0 atom stereocenters. The summed E-state index contributed by atoms with van der Waals surface area (Å²) >= 11 is 1.81. The van der Waals surface area contributed by atoms with Gasteiger partial charge in [0.15, 0.2) is 5.17 Å². The lowest BCUT2D eigenvalue weighted by molar-refractivity contribution is 0.634. The highest BCUT2D eigenvalue weighted by atomic mass is 32.2. The first-order valence-electron chi connectivity index (χ1n) is 11.5. The number of hydrogen-bond acceptors (Lipinski definition) is 6. The quantitative estimate of drug-likeness (QED) is 0.489. The molecule has 1 aliphatic rings. The van der Waals surface area contributed by atoms with E-state index < -0.39 is 4.75 Å². The molecule has 3 aromatic carbocycles. The number of thioether (sulfide) groups is 1. The van der Waals surface area contributed by atoms with Gasteiger partial charge in [-0.25, -0.2) is 4.99 Å². The van der Waals surface area contributed by atoms with E-state index in [9.17, 15) is 0 Å². The lowest BCUT2D eigenvalue weighted by Crippen LogP contribution is -2.34. The molecular formula is C28H35N5S. The Morgan fingerprint density at radius 1 is 0.559 bits per heavy atom. The van der Waals surface area contributed by atoms with Crippen LogP contribution in [0.4, 0.5) is 22.7 Å². The maximum absolute atomic E-state index is 5.09. The standard InChI is InChI=1S/C28H35N5S/c1-30(2)22-13-9-20(10-14-22)28(21-11-15-23(16-12-21)31(3)4)25-18-17-24(32(5)6)19-26(25)29-27(34-28)33(7)8/h9-19H,1-8H3. The van der Waals surface area contributed by atoms with Gasteiger partial charge in [-0.1, -0.05) is 42.1 Å². The van der Waals surface area contributed by atoms with Crippen molar-refractivity contribution in [3.05, 3.63) is 83.4 Å². The summed E-state index contributed by atoms with van der Waals surface area (Å²) < 4.78 is -0.419. The Labute approximate surface area is 208 Å². The van der Waals surface area contributed by atoms with Crippen LogP contribution in [0.5, 0.6) is 0 Å². The monoisotopic (exact) mass is 473 g/mol. The van der Waals surface area contributed by atoms with E-state index in [4.69, 9.17) is 4.99 Å². The number of aliphatic imine (C=N–C) groups is 1. The average molecular weight is 474 g/mol. The second kappa shape index (κ2) is 9.26. The van der Waals surface area contributed by atoms with Crippen LogP contribution in [0, 0.1) is 0 Å². The Morgan fingerprint density at radius 3 is 1.41 bits per heavy atom. The lowest BCUT2D eigenvalue weighted by atomic mass is 9.82. The van der Waals surface area contributed by atoms with E-state index in [1.165, 1.54) is 28.1 Å². The van der Waals surface area contributed by atoms with Gasteiger partial charge in [0.05, 0.1) is 5.69 Å². The molecule has 5 nitrogen and oxygen atoms in total. The summed E-state index contributed by atoms with van der Waals surface area (Å²) in [5.74, 6) is 0. The van der Waals surface area contributed by atoms with Crippen molar-refractivity contribution in [1.82, 2.24) is 4.90 Å². The van der Waals surface area contributed by atoms with E-state index >= 15 is 0 Å². The fourth-order valence-electron chi connectivity index (χ4n) is 4.28. The van der Waals surface area contributed by atoms with Gasteiger partial charge in [-0.05, 0) is 47.5 Å². The summed E-state index contributed by atoms with van der Waals surface area (Å²) in [7, 11) is 16.6. The summed E-state index contributed by atoms with van der Waals surface area (Å²) in [5, 5.41) is 0.997. The third-order valence-electron chi connectivity index (χ3n) is 6.30. The number of fused-ring (bicyclic) bond motifs is 1. The first-order chi connectivity index (χ1) is 16.1. The molecule has 0 saturated carbocycles. The molecule has 0 unspecified atom stereocenters. The fourth-order valence-corrected chi connectivity index (χ4v) is 5.67. The number of amidine groups is 1. The highest BCUT2D eigenvalue weighted by Gasteiger charge is 2.43. The third kappa shape index (κ3) is 4.23. The maximum Gasteiger partial charge on any atom is 0.165 e. The fraction of sp³-hybridized carbons (Fsp3) is 0.321. The molecular weight excluding hydrogens is 438 g/mol. The molecule has 6 heteroatoms. The molecule has 1 heterocycles. The van der Waals surface area contributed by atoms with Gasteiger partial charge >= 0.3 is 0 Å². The molecule has 0 aliphatic carbocycles. The molecule has 0 bridgehead atoms. The predicted molar refractivity (Wildman–Crippen MR) is 151 cm³/mol. The molecule has 0 radical (unpaired) electrons. The summed E-state index contributed by atoms with van der Waals surface area (Å²) in [4.78, 5) is 13.6. The van der Waals surface area contributed by atoms with Crippen molar-refractivity contribution in [2.24, 2.45) is 4.99 Å². The number of hydrogen-bond donors (Lipinski definition) is 0. The first kappa shape index (κ1) is 24.0. The smallest absolute Gasteiger partial charge is 0.165 e. The van der Waals surface area contributed by atoms with Gasteiger partial charge in [-0.2, -0.15) is 0 Å². The summed E-state index contributed by atoms with van der Waals surface area (Å²) in [6.45, 7) is 0. The maximum atomic E-state index is 5.09. The van der Waals surface area contributed by atoms with E-state index in [1.807, 2.05) is 11.8 Å². The Hall–Kier alpha value is -3.12. The van der Waals surface area contributed by atoms with Gasteiger partial charge in [-0.3, -0.25) is 0 Å². The van der Waals surface area contributed by atoms with Gasteiger partial charge in [0.1, 0.15) is 4.75 Å². The summed E-state index contributed by atoms with van der Waals surface area (Å²) in [6, 6.07) is 24.6. The van der Waals surface area contributed by atoms with E-state index in [1.54, 1.807) is 0 Å². The average Bonchev–Trinajstić information content (AvgIpc) is 2.82. The zero-order chi connectivity index (χ0) is 24.6. The molecule has 34 heavy (non-hydrogen) atoms. The van der Waals surface area contributed by atoms with Gasteiger partial charge in [0.2, 0.25) is 0 Å². The van der Waals surface area contributed by atoms with Crippen molar-refractivity contribution >= 4 is 39.7 Å². The van der Waals surface area contributed by atoms with Crippen molar-refractivity contribution in [3.63, 3.8) is 0 Å². The van der Waals surface area contributed by atoms with Crippen LogP contribution in [0.3, 0.4) is 0 Å². The second-order valence-corrected chi connectivity index (χ2v) is 10.7. The summed E-state index contributed by atoms with van der Waals surface area (Å²) in [5.41, 5.74) is 8.24. The minimum Gasteiger partial charge on any atom is -0.378 e. The van der Waals surface area contributed by atoms with Crippen molar-refractivity contribution in [2.75, 3.05) is 71.1 Å². The topological polar surface area (TPSA) is 25.3 Å². The van der Waals surface area contributed by atoms with E-state index in [0.717, 1.165) is 16.5 Å². The van der Waals surface area contributed by atoms with Crippen LogP contribution < -0.4 is 14.7 Å². The lowest BCUT2D eigenvalue weighted by Gasteiger charge is -2.40. The SMILES string of the molecule is CN(C)C1=Nc2cc(N(C)C)ccc2C(c2ccc(N(C)C)cc2)(c2ccc(N(C)C)cc2)S1. The van der Waals surface area contributed by atoms with E-state index in [0.29, 0.717) is 0 Å². The molecule has 0 N–H and O–H groups in total. The van der Waals surface area contributed by atoms with Gasteiger partial charge in [0, 0.05) is 79.0 Å². The van der Waals surface area contributed by atoms with Gasteiger partial charge in [0.25, 0.3) is 0 Å². The number of nitrogens with zero attached hydrogens (tertiary/aromatic N) is 5. The van der Waals surface area contributed by atoms with Crippen molar-refractivity contribution in [1.29, 1.82) is 0 Å². The second-order valence-electron chi connectivity index (χ2n) is 9.55. The van der Waals surface area contributed by atoms with Crippen molar-refractivity contribution < 1.29 is 0 Å². The van der Waals surface area contributed by atoms with Gasteiger partial charge < -0.3 is 19.6 Å². The molecule has 0 saturated heterocycles. The molecule has 0 aromatic heterocycles. The molecule has 0 amide bonds. The van der Waals surface area contributed by atoms with Crippen LogP contribution in [0.1, 0.15) is 16.7 Å². The third-order valence-corrected chi connectivity index (χ3v) is 7.94. The van der Waals surface area contributed by atoms with Crippen LogP contribution >= 0.6 is 11.8 Å². The highest BCUT2D eigenvalue weighted by molar-refractivity contribution is 8.15. The van der Waals surface area contributed by atoms with Gasteiger partial charge in [-0.15, -0.1) is 0 Å². The Kier molecular flexibility index (Phi) is 6.54. The first-order valence-corrected chi connectivity index (χ1v) is 12.3. The van der Waals surface area contributed by atoms with Crippen LogP contribution in [0.15, 0.2) is 71.7 Å². The zero-order valence-corrected chi connectivity index (χ0v) is 22.3. The Morgan fingerprint density at radius 2 is 1.00 bits per heavy atom. The van der Waals surface area contributed by atoms with Crippen LogP contribution in [-0.4, -0.2) is 66.4 Å². The molecule has 1 aliphatic heterocycles. The minimum atomic E-state index is -0.419. The van der Waals surface area contributed by atoms with Crippen LogP contribution in [-0.2, 0) is 4.75 Å². The summed E-state index contributed by atoms with van der Waals surface area (Å²) in [6.07, 6.45) is 0. The predicted octanol–water partition coefficient (Wildman–Crippen LogP) is 5.47. The Bertz CT molecular complexity index is 1130. The number of benzene rings is 3. The Balaban J connectivity index is 2.01. The van der Waals surface area contributed by atoms with Crippen molar-refractivity contribution in [2.45, 2.75) is 4.75 Å². The highest BCUT2D eigenvalue weighted by Crippen LogP contribution is 2.55. The van der Waals surface area contributed by atoms with Crippen LogP contribution in [0.2, 0.25) is 0 Å². The number of anilines is 3. The van der Waals surface area contributed by atoms with Crippen LogP contribution in [0.25, 0.3) is 0 Å². The molecule has 4 rings (SSSR count). The zero-order valence-electron chi connectivity index (χ0n) is 21.5. The normalized spacial score (nSPS) is 14.2. The molecule has 0 spiro atoms. The van der Waals surface area contributed by atoms with E-state index in [2.05, 4.69) is 143 Å². The minimum absolute atomic E-state index is 0.419.